The van der Waals surface area contributed by atoms with E-state index in [1.807, 2.05) is 0 Å². The van der Waals surface area contributed by atoms with Crippen LogP contribution >= 0.6 is 34.4 Å². The van der Waals surface area contributed by atoms with Crippen LogP contribution in [0.1, 0.15) is 40.3 Å². The summed E-state index contributed by atoms with van der Waals surface area (Å²) in [5.74, 6) is -1.42. The van der Waals surface area contributed by atoms with E-state index < -0.39 is 95.4 Å². The highest BCUT2D eigenvalue weighted by molar-refractivity contribution is 8.41. The van der Waals surface area contributed by atoms with Crippen LogP contribution in [0.5, 0.6) is 0 Å². The number of fused-ring (bicyclic) bond motifs is 1. The number of phosphoric acid groups is 3. The van der Waals surface area contributed by atoms with Gasteiger partial charge in [0, 0.05) is 44.5 Å². The average molecular weight is 854 g/mol. The van der Waals surface area contributed by atoms with E-state index >= 15 is 0 Å². The van der Waals surface area contributed by atoms with Crippen LogP contribution in [-0.4, -0.2) is 128 Å². The Morgan fingerprint density at radius 3 is 2.26 bits per heavy atom. The van der Waals surface area contributed by atoms with Gasteiger partial charge in [0.05, 0.1) is 19.5 Å². The topological polar surface area (TPSA) is 381 Å². The molecule has 3 rings (SSSR count). The monoisotopic (exact) mass is 853 g/mol. The van der Waals surface area contributed by atoms with E-state index in [1.54, 1.807) is 0 Å². The number of nitrogens with zero attached hydrogens (tertiary/aromatic N) is 4. The number of phosphoric ester groups is 3. The molecule has 306 valence electrons. The van der Waals surface area contributed by atoms with Gasteiger partial charge in [-0.05, 0) is 0 Å². The molecule has 1 saturated heterocycles. The van der Waals surface area contributed by atoms with Crippen molar-refractivity contribution in [2.75, 3.05) is 37.8 Å². The van der Waals surface area contributed by atoms with Crippen LogP contribution in [0, 0.1) is 5.41 Å². The predicted molar refractivity (Wildman–Crippen MR) is 185 cm³/mol. The summed E-state index contributed by atoms with van der Waals surface area (Å²) in [5.41, 5.74) is 4.21. The molecule has 0 saturated carbocycles. The number of aliphatic hydroxyl groups is 2. The highest BCUT2D eigenvalue weighted by atomic mass is 32.2. The van der Waals surface area contributed by atoms with Gasteiger partial charge in [-0.2, -0.15) is 4.31 Å². The molecule has 0 aromatic carbocycles. The van der Waals surface area contributed by atoms with Gasteiger partial charge in [0.25, 0.3) is 0 Å². The van der Waals surface area contributed by atoms with Crippen LogP contribution in [0.3, 0.4) is 0 Å². The maximum atomic E-state index is 12.6. The molecular weight excluding hydrogens is 811 g/mol. The van der Waals surface area contributed by atoms with Crippen molar-refractivity contribution in [1.82, 2.24) is 30.2 Å². The lowest BCUT2D eigenvalue weighted by atomic mass is 9.87. The maximum absolute atomic E-state index is 12.6. The van der Waals surface area contributed by atoms with Crippen molar-refractivity contribution < 1.29 is 85.3 Å². The zero-order valence-corrected chi connectivity index (χ0v) is 32.6. The Labute approximate surface area is 309 Å². The van der Waals surface area contributed by atoms with E-state index in [0.29, 0.717) is 0 Å². The molecule has 54 heavy (non-hydrogen) atoms. The van der Waals surface area contributed by atoms with Gasteiger partial charge in [-0.3, -0.25) is 37.3 Å². The number of hydrogen-bond donors (Lipinski definition) is 10. The van der Waals surface area contributed by atoms with Crippen molar-refractivity contribution in [2.24, 2.45) is 5.41 Å². The van der Waals surface area contributed by atoms with E-state index in [9.17, 15) is 62.7 Å². The van der Waals surface area contributed by atoms with Crippen LogP contribution < -0.4 is 16.4 Å². The molecule has 29 heteroatoms. The summed E-state index contributed by atoms with van der Waals surface area (Å²) in [6.45, 7) is 2.79. The van der Waals surface area contributed by atoms with Gasteiger partial charge in [-0.15, -0.1) is 10.9 Å². The lowest BCUT2D eigenvalue weighted by molar-refractivity contribution is -0.137. The zero-order valence-electron chi connectivity index (χ0n) is 29.0. The second-order valence-electron chi connectivity index (χ2n) is 12.3. The highest BCUT2D eigenvalue weighted by Gasteiger charge is 2.50. The van der Waals surface area contributed by atoms with Gasteiger partial charge in [0.1, 0.15) is 36.3 Å². The Balaban J connectivity index is 1.53. The molecule has 7 atom stereocenters. The van der Waals surface area contributed by atoms with E-state index in [-0.39, 0.29) is 52.5 Å². The Morgan fingerprint density at radius 1 is 1.02 bits per heavy atom. The summed E-state index contributed by atoms with van der Waals surface area (Å²) < 4.78 is 61.9. The quantitative estimate of drug-likeness (QED) is 0.0568. The summed E-state index contributed by atoms with van der Waals surface area (Å²) in [6.07, 6.45) is -7.05. The first-order chi connectivity index (χ1) is 24.8. The summed E-state index contributed by atoms with van der Waals surface area (Å²) in [7, 11) is -18.0. The van der Waals surface area contributed by atoms with Gasteiger partial charge in [-0.25, -0.2) is 28.6 Å². The Morgan fingerprint density at radius 2 is 1.65 bits per heavy atom. The molecular formula is C25H42N7O18P3S. The molecule has 2 aromatic heterocycles. The fourth-order valence-corrected chi connectivity index (χ4v) is 9.02. The summed E-state index contributed by atoms with van der Waals surface area (Å²) in [5, 5.41) is 25.6. The van der Waals surface area contributed by atoms with Gasteiger partial charge in [0.2, 0.25) is 11.8 Å². The van der Waals surface area contributed by atoms with Crippen LogP contribution in [0.4, 0.5) is 5.82 Å². The molecule has 0 bridgehead atoms. The normalized spacial score (nSPS) is 22.2. The molecule has 1 aliphatic heterocycles. The SMILES string of the molecule is CC(=O)[SH](CCNC(=O)CCNC(=O)C(O)C(C)(C)COP(=O)(O)OP(=O)(O)OC[C@H]1O[C@@H](n2cnc3c(N)ncnc32)[C@H](O)[C@@H]1OP(=O)(O)O)C(C)=O. The maximum Gasteiger partial charge on any atom is 0.481 e. The Bertz CT molecular complexity index is 1830. The van der Waals surface area contributed by atoms with E-state index in [4.69, 9.17) is 19.5 Å². The Hall–Kier alpha value is -2.77. The third kappa shape index (κ3) is 12.9. The molecule has 3 heterocycles. The van der Waals surface area contributed by atoms with Gasteiger partial charge in [-0.1, -0.05) is 13.8 Å². The molecule has 1 fully saturated rings. The minimum absolute atomic E-state index is 0.0234. The standard InChI is InChI=1S/C25H42N7O18P3S/c1-13(33)54(14(2)34)8-7-27-16(35)5-6-28-23(38)20(37)25(3,4)10-47-53(44,45)50-52(42,43)46-9-15-19(49-51(39,40)41)18(36)24(48-15)32-12-31-17-21(26)29-11-30-22(17)32/h11-12,15,18-20,24,36-37,54H,5-10H2,1-4H3,(H,27,35)(H,28,38)(H,42,43)(H,44,45)(H2,26,29,30)(H2,39,40,41)/t15-,18-,19-,20?,24-/m1/s1. The number of imidazole rings is 1. The average Bonchev–Trinajstić information content (AvgIpc) is 3.60. The van der Waals surface area contributed by atoms with Gasteiger partial charge >= 0.3 is 23.5 Å². The van der Waals surface area contributed by atoms with E-state index in [2.05, 4.69) is 34.4 Å². The second kappa shape index (κ2) is 18.4. The summed E-state index contributed by atoms with van der Waals surface area (Å²) in [6, 6.07) is 0. The van der Waals surface area contributed by atoms with Crippen molar-refractivity contribution in [1.29, 1.82) is 0 Å². The Kier molecular flexibility index (Phi) is 15.6. The van der Waals surface area contributed by atoms with Crippen molar-refractivity contribution in [2.45, 2.75) is 64.8 Å². The number of thiol groups is 1. The van der Waals surface area contributed by atoms with Crippen LogP contribution in [0.15, 0.2) is 12.7 Å². The number of nitrogen functional groups attached to an aromatic ring is 1. The zero-order chi connectivity index (χ0) is 40.8. The van der Waals surface area contributed by atoms with Crippen molar-refractivity contribution >= 4 is 73.4 Å². The first kappa shape index (κ1) is 45.6. The molecule has 2 aromatic rings. The van der Waals surface area contributed by atoms with E-state index in [0.717, 1.165) is 17.2 Å². The molecule has 1 aliphatic rings. The van der Waals surface area contributed by atoms with Gasteiger partial charge in [0.15, 0.2) is 27.9 Å². The number of anilines is 1. The number of rotatable bonds is 19. The number of nitrogens with two attached hydrogens (primary N) is 1. The van der Waals surface area contributed by atoms with Crippen LogP contribution in [-0.2, 0) is 55.5 Å². The molecule has 0 spiro atoms. The fraction of sp³-hybridized carbons (Fsp3) is 0.640. The minimum Gasteiger partial charge on any atom is -0.386 e. The molecule has 3 unspecified atom stereocenters. The number of aliphatic hydroxyl groups excluding tert-OH is 2. The number of carbonyl (C=O) groups is 4. The van der Waals surface area contributed by atoms with Crippen molar-refractivity contribution in [3.63, 3.8) is 0 Å². The van der Waals surface area contributed by atoms with Crippen molar-refractivity contribution in [3.05, 3.63) is 12.7 Å². The third-order valence-corrected chi connectivity index (χ3v) is 12.8. The number of hydrogen-bond acceptors (Lipinski definition) is 18. The second-order valence-corrected chi connectivity index (χ2v) is 19.1. The van der Waals surface area contributed by atoms with Gasteiger partial charge < -0.3 is 50.9 Å². The molecule has 0 aliphatic carbocycles. The number of carbonyl (C=O) groups excluding carboxylic acids is 4. The van der Waals surface area contributed by atoms with E-state index in [1.165, 1.54) is 27.7 Å². The summed E-state index contributed by atoms with van der Waals surface area (Å²) >= 11 is 0. The van der Waals surface area contributed by atoms with Crippen LogP contribution in [0.25, 0.3) is 11.2 Å². The third-order valence-electron chi connectivity index (χ3n) is 7.50. The summed E-state index contributed by atoms with van der Waals surface area (Å²) in [4.78, 5) is 98.4. The molecule has 2 amide bonds. The number of nitrogens with one attached hydrogen (secondary N) is 2. The lowest BCUT2D eigenvalue weighted by Crippen LogP contribution is -2.46. The minimum atomic E-state index is -5.58. The number of amides is 2. The first-order valence-electron chi connectivity index (χ1n) is 15.5. The fourth-order valence-electron chi connectivity index (χ4n) is 4.78. The number of aromatic nitrogens is 4. The lowest BCUT2D eigenvalue weighted by Gasteiger charge is -2.30. The predicted octanol–water partition coefficient (Wildman–Crippen LogP) is -1.50. The number of ether oxygens (including phenoxy) is 1. The molecule has 10 N–H and O–H groups in total. The van der Waals surface area contributed by atoms with Crippen LogP contribution in [0.2, 0.25) is 0 Å². The smallest absolute Gasteiger partial charge is 0.386 e. The largest absolute Gasteiger partial charge is 0.481 e. The molecule has 25 nitrogen and oxygen atoms in total. The van der Waals surface area contributed by atoms with Crippen molar-refractivity contribution in [3.8, 4) is 0 Å². The first-order valence-corrected chi connectivity index (χ1v) is 21.6. The highest BCUT2D eigenvalue weighted by Crippen LogP contribution is 2.61. The molecule has 0 radical (unpaired) electrons.